The van der Waals surface area contributed by atoms with Crippen molar-refractivity contribution < 1.29 is 26.6 Å². The summed E-state index contributed by atoms with van der Waals surface area (Å²) in [4.78, 5) is 9.09. The van der Waals surface area contributed by atoms with Crippen LogP contribution in [0.3, 0.4) is 0 Å². The minimum absolute atomic E-state index is 0.797. The van der Waals surface area contributed by atoms with Crippen LogP contribution in [0.5, 0.6) is 0 Å². The highest BCUT2D eigenvalue weighted by molar-refractivity contribution is 6.60. The fourth-order valence-electron chi connectivity index (χ4n) is 5.00. The zero-order valence-corrected chi connectivity index (χ0v) is 26.0. The van der Waals surface area contributed by atoms with Crippen LogP contribution in [0.1, 0.15) is 24.0 Å². The van der Waals surface area contributed by atoms with E-state index in [9.17, 15) is 0 Å². The van der Waals surface area contributed by atoms with Gasteiger partial charge in [0.05, 0.1) is 0 Å². The summed E-state index contributed by atoms with van der Waals surface area (Å²) in [5, 5.41) is 0. The van der Waals surface area contributed by atoms with Gasteiger partial charge < -0.3 is 26.6 Å². The Balaban J connectivity index is 1.43. The van der Waals surface area contributed by atoms with Crippen LogP contribution in [0, 0.1) is 13.3 Å². The van der Waals surface area contributed by atoms with Gasteiger partial charge in [0.25, 0.3) is 0 Å². The molecule has 0 amide bonds. The molecule has 2 fully saturated rings. The maximum atomic E-state index is 5.54. The first-order valence-electron chi connectivity index (χ1n) is 13.3. The van der Waals surface area contributed by atoms with Crippen molar-refractivity contribution in [2.75, 3.05) is 81.9 Å². The molecule has 214 valence electrons. The molecule has 1 aromatic carbocycles. The SMILES string of the molecule is CO[Si](CCCN1[C]N(Cc2ccccc2CN2[C]N(CCC[Si](OC)(OC)OC)CC2)CC1)(OC)OC. The molecule has 0 N–H and O–H groups in total. The van der Waals surface area contributed by atoms with Gasteiger partial charge in [-0.05, 0) is 24.0 Å². The Morgan fingerprint density at radius 1 is 0.579 bits per heavy atom. The van der Waals surface area contributed by atoms with Crippen LogP contribution in [-0.4, -0.2) is 119 Å². The van der Waals surface area contributed by atoms with Crippen LogP contribution >= 0.6 is 0 Å². The average Bonchev–Trinajstić information content (AvgIpc) is 3.60. The Labute approximate surface area is 232 Å². The second kappa shape index (κ2) is 15.9. The maximum Gasteiger partial charge on any atom is 0.500 e. The molecular weight excluding hydrogens is 520 g/mol. The molecule has 2 aliphatic rings. The summed E-state index contributed by atoms with van der Waals surface area (Å²) in [7, 11) is 4.97. The molecule has 38 heavy (non-hydrogen) atoms. The lowest BCUT2D eigenvalue weighted by Gasteiger charge is -2.25. The highest BCUT2D eigenvalue weighted by Gasteiger charge is 2.38. The zero-order chi connectivity index (χ0) is 27.4. The molecular formula is C26H46N4O6Si2. The third-order valence-electron chi connectivity index (χ3n) is 7.37. The van der Waals surface area contributed by atoms with Crippen molar-refractivity contribution in [1.82, 2.24) is 19.6 Å². The Kier molecular flexibility index (Phi) is 13.3. The molecule has 0 aliphatic carbocycles. The van der Waals surface area contributed by atoms with Gasteiger partial charge in [0.15, 0.2) is 0 Å². The second-order valence-corrected chi connectivity index (χ2v) is 15.8. The summed E-state index contributed by atoms with van der Waals surface area (Å²) in [5.41, 5.74) is 2.67. The second-order valence-electron chi connectivity index (χ2n) is 9.58. The normalized spacial score (nSPS) is 18.7. The standard InChI is InChI=1S/C26H46N4O6Si2/c1-31-37(32-2,33-3)19-9-13-27-15-17-29(23-27)21-25-11-7-8-12-26(25)22-30-18-16-28(24-30)14-10-20-38(34-4,35-5)36-6/h7-8,11-12H,9-10,13-22H2,1-6H3. The van der Waals surface area contributed by atoms with Gasteiger partial charge in [-0.3, -0.25) is 19.6 Å². The van der Waals surface area contributed by atoms with Crippen molar-refractivity contribution >= 4 is 17.6 Å². The van der Waals surface area contributed by atoms with E-state index in [1.54, 1.807) is 42.7 Å². The van der Waals surface area contributed by atoms with E-state index in [0.717, 1.165) is 77.3 Å². The van der Waals surface area contributed by atoms with Gasteiger partial charge in [-0.15, -0.1) is 0 Å². The van der Waals surface area contributed by atoms with E-state index in [1.807, 2.05) is 0 Å². The summed E-state index contributed by atoms with van der Waals surface area (Å²) in [5.74, 6) is 0. The van der Waals surface area contributed by atoms with Gasteiger partial charge in [-0.1, -0.05) is 24.3 Å². The summed E-state index contributed by atoms with van der Waals surface area (Å²) >= 11 is 0. The largest absolute Gasteiger partial charge is 0.500 e. The van der Waals surface area contributed by atoms with Crippen LogP contribution in [0.2, 0.25) is 12.1 Å². The number of rotatable bonds is 18. The van der Waals surface area contributed by atoms with Crippen LogP contribution in [0.15, 0.2) is 24.3 Å². The van der Waals surface area contributed by atoms with Crippen molar-refractivity contribution in [1.29, 1.82) is 0 Å². The maximum absolute atomic E-state index is 5.54. The van der Waals surface area contributed by atoms with E-state index in [0.29, 0.717) is 0 Å². The highest BCUT2D eigenvalue weighted by Crippen LogP contribution is 2.23. The molecule has 4 radical (unpaired) electrons. The van der Waals surface area contributed by atoms with E-state index in [1.165, 1.54) is 11.1 Å². The van der Waals surface area contributed by atoms with E-state index in [4.69, 9.17) is 26.6 Å². The molecule has 0 atom stereocenters. The van der Waals surface area contributed by atoms with Gasteiger partial charge in [-0.2, -0.15) is 0 Å². The van der Waals surface area contributed by atoms with E-state index >= 15 is 0 Å². The van der Waals surface area contributed by atoms with E-state index < -0.39 is 17.6 Å². The van der Waals surface area contributed by atoms with Crippen molar-refractivity contribution in [3.05, 3.63) is 48.7 Å². The monoisotopic (exact) mass is 566 g/mol. The van der Waals surface area contributed by atoms with Crippen molar-refractivity contribution in [3.8, 4) is 0 Å². The molecule has 1 aromatic rings. The fourth-order valence-corrected chi connectivity index (χ4v) is 8.40. The van der Waals surface area contributed by atoms with Crippen molar-refractivity contribution in [2.45, 2.75) is 38.0 Å². The minimum Gasteiger partial charge on any atom is -0.377 e. The highest BCUT2D eigenvalue weighted by atomic mass is 28.4. The summed E-state index contributed by atoms with van der Waals surface area (Å²) in [6, 6.07) is 10.3. The van der Waals surface area contributed by atoms with E-state index in [2.05, 4.69) is 57.2 Å². The lowest BCUT2D eigenvalue weighted by molar-refractivity contribution is 0.121. The number of hydrogen-bond donors (Lipinski definition) is 0. The zero-order valence-electron chi connectivity index (χ0n) is 24.0. The van der Waals surface area contributed by atoms with Gasteiger partial charge in [-0.25, -0.2) is 0 Å². The lowest BCUT2D eigenvalue weighted by atomic mass is 10.1. The molecule has 2 aliphatic heterocycles. The first-order chi connectivity index (χ1) is 18.4. The Morgan fingerprint density at radius 2 is 0.921 bits per heavy atom. The molecule has 0 aromatic heterocycles. The molecule has 2 heterocycles. The van der Waals surface area contributed by atoms with Gasteiger partial charge >= 0.3 is 17.6 Å². The van der Waals surface area contributed by atoms with E-state index in [-0.39, 0.29) is 0 Å². The Bertz CT molecular complexity index is 736. The molecule has 0 bridgehead atoms. The molecule has 3 rings (SSSR count). The topological polar surface area (TPSA) is 68.3 Å². The molecule has 10 nitrogen and oxygen atoms in total. The Hall–Kier alpha value is -0.746. The first-order valence-corrected chi connectivity index (χ1v) is 17.2. The minimum atomic E-state index is -2.52. The molecule has 12 heteroatoms. The smallest absolute Gasteiger partial charge is 0.377 e. The van der Waals surface area contributed by atoms with Crippen LogP contribution in [0.25, 0.3) is 0 Å². The van der Waals surface area contributed by atoms with Gasteiger partial charge in [0, 0.05) is 107 Å². The van der Waals surface area contributed by atoms with Gasteiger partial charge in [0.2, 0.25) is 0 Å². The van der Waals surface area contributed by atoms with Crippen LogP contribution < -0.4 is 0 Å². The fraction of sp³-hybridized carbons (Fsp3) is 0.692. The predicted octanol–water partition coefficient (Wildman–Crippen LogP) is 2.45. The predicted molar refractivity (Wildman–Crippen MR) is 149 cm³/mol. The molecule has 0 unspecified atom stereocenters. The average molecular weight is 567 g/mol. The summed E-state index contributed by atoms with van der Waals surface area (Å²) in [6.07, 6.45) is 1.89. The number of hydrogen-bond acceptors (Lipinski definition) is 10. The molecule has 0 spiro atoms. The summed E-state index contributed by atoms with van der Waals surface area (Å²) in [6.45, 7) is 14.5. The first kappa shape index (κ1) is 31.8. The van der Waals surface area contributed by atoms with Crippen molar-refractivity contribution in [2.24, 2.45) is 0 Å². The number of benzene rings is 1. The van der Waals surface area contributed by atoms with Crippen LogP contribution in [0.4, 0.5) is 0 Å². The molecule has 2 saturated heterocycles. The third-order valence-corrected chi connectivity index (χ3v) is 13.0. The van der Waals surface area contributed by atoms with Gasteiger partial charge in [0.1, 0.15) is 13.3 Å². The quantitative estimate of drug-likeness (QED) is 0.248. The van der Waals surface area contributed by atoms with Crippen LogP contribution in [-0.2, 0) is 39.6 Å². The Morgan fingerprint density at radius 3 is 1.26 bits per heavy atom. The third kappa shape index (κ3) is 8.88. The number of nitrogens with zero attached hydrogens (tertiary/aromatic N) is 4. The lowest BCUT2D eigenvalue weighted by Crippen LogP contribution is -2.43. The molecule has 0 saturated carbocycles. The van der Waals surface area contributed by atoms with Crippen molar-refractivity contribution in [3.63, 3.8) is 0 Å². The summed E-state index contributed by atoms with van der Waals surface area (Å²) < 4.78 is 33.2.